The fraction of sp³-hybridized carbons (Fsp3) is 0.556. The van der Waals surface area contributed by atoms with Crippen LogP contribution in [-0.4, -0.2) is 16.1 Å². The Bertz CT molecular complexity index is 458. The smallest absolute Gasteiger partial charge is 0.329 e. The first-order chi connectivity index (χ1) is 6.93. The Balaban J connectivity index is 3.13. The molecule has 0 aliphatic rings. The van der Waals surface area contributed by atoms with Crippen molar-refractivity contribution in [3.63, 3.8) is 0 Å². The van der Waals surface area contributed by atoms with Crippen molar-refractivity contribution in [1.29, 1.82) is 0 Å². The molecule has 4 N–H and O–H groups in total. The normalized spacial score (nSPS) is 10.7. The van der Waals surface area contributed by atoms with E-state index < -0.39 is 11.2 Å². The molecule has 0 aromatic carbocycles. The maximum Gasteiger partial charge on any atom is 0.329 e. The van der Waals surface area contributed by atoms with Crippen LogP contribution < -0.4 is 22.3 Å². The number of nitrogens with two attached hydrogens (primary N) is 1. The third-order valence-corrected chi connectivity index (χ3v) is 2.06. The summed E-state index contributed by atoms with van der Waals surface area (Å²) >= 11 is 0. The SMILES string of the molecule is CC(C)CNc1c(N)n(C)c(=O)[nH]c1=O. The number of anilines is 2. The van der Waals surface area contributed by atoms with Crippen LogP contribution >= 0.6 is 0 Å². The van der Waals surface area contributed by atoms with Crippen molar-refractivity contribution in [3.05, 3.63) is 20.8 Å². The van der Waals surface area contributed by atoms with Crippen LogP contribution in [0.3, 0.4) is 0 Å². The molecule has 1 aromatic rings. The highest BCUT2D eigenvalue weighted by Gasteiger charge is 2.09. The van der Waals surface area contributed by atoms with Crippen molar-refractivity contribution in [2.24, 2.45) is 13.0 Å². The lowest BCUT2D eigenvalue weighted by molar-refractivity contribution is 0.686. The standard InChI is InChI=1S/C9H16N4O2/c1-5(2)4-11-6-7(10)13(3)9(15)12-8(6)14/h5,11H,4,10H2,1-3H3,(H,12,14,15). The average Bonchev–Trinajstić information content (AvgIpc) is 2.14. The van der Waals surface area contributed by atoms with Crippen LogP contribution in [0.2, 0.25) is 0 Å². The highest BCUT2D eigenvalue weighted by atomic mass is 16.2. The van der Waals surface area contributed by atoms with Gasteiger partial charge in [0.25, 0.3) is 5.56 Å². The van der Waals surface area contributed by atoms with Gasteiger partial charge in [-0.05, 0) is 5.92 Å². The minimum absolute atomic E-state index is 0.157. The van der Waals surface area contributed by atoms with Crippen LogP contribution in [0, 0.1) is 5.92 Å². The fourth-order valence-electron chi connectivity index (χ4n) is 1.11. The van der Waals surface area contributed by atoms with Crippen molar-refractivity contribution in [2.45, 2.75) is 13.8 Å². The van der Waals surface area contributed by atoms with E-state index >= 15 is 0 Å². The second kappa shape index (κ2) is 4.20. The topological polar surface area (TPSA) is 92.9 Å². The zero-order valence-electron chi connectivity index (χ0n) is 9.13. The molecule has 6 heteroatoms. The van der Waals surface area contributed by atoms with Gasteiger partial charge in [0.05, 0.1) is 0 Å². The maximum atomic E-state index is 11.4. The molecule has 0 atom stereocenters. The van der Waals surface area contributed by atoms with E-state index in [0.717, 1.165) is 0 Å². The number of nitrogen functional groups attached to an aromatic ring is 1. The van der Waals surface area contributed by atoms with Crippen molar-refractivity contribution in [2.75, 3.05) is 17.6 Å². The number of H-pyrrole nitrogens is 1. The number of nitrogens with zero attached hydrogens (tertiary/aromatic N) is 1. The third-order valence-electron chi connectivity index (χ3n) is 2.06. The van der Waals surface area contributed by atoms with Gasteiger partial charge in [0.15, 0.2) is 0 Å². The first-order valence-electron chi connectivity index (χ1n) is 4.76. The Kier molecular flexibility index (Phi) is 3.18. The quantitative estimate of drug-likeness (QED) is 0.642. The Hall–Kier alpha value is -1.72. The van der Waals surface area contributed by atoms with Gasteiger partial charge >= 0.3 is 5.69 Å². The second-order valence-corrected chi connectivity index (χ2v) is 3.85. The number of nitrogens with one attached hydrogen (secondary N) is 2. The largest absolute Gasteiger partial charge is 0.383 e. The molecule has 0 radical (unpaired) electrons. The van der Waals surface area contributed by atoms with Gasteiger partial charge in [-0.15, -0.1) is 0 Å². The fourth-order valence-corrected chi connectivity index (χ4v) is 1.11. The van der Waals surface area contributed by atoms with Gasteiger partial charge in [0, 0.05) is 13.6 Å². The van der Waals surface area contributed by atoms with E-state index in [1.54, 1.807) is 0 Å². The molecule has 0 spiro atoms. The number of rotatable bonds is 3. The third kappa shape index (κ3) is 2.39. The van der Waals surface area contributed by atoms with Crippen LogP contribution in [0.15, 0.2) is 9.59 Å². The summed E-state index contributed by atoms with van der Waals surface area (Å²) in [5, 5.41) is 2.92. The Morgan fingerprint density at radius 3 is 2.60 bits per heavy atom. The maximum absolute atomic E-state index is 11.4. The molecule has 0 fully saturated rings. The van der Waals surface area contributed by atoms with Gasteiger partial charge in [-0.2, -0.15) is 0 Å². The van der Waals surface area contributed by atoms with Gasteiger partial charge < -0.3 is 11.1 Å². The molecule has 0 saturated carbocycles. The van der Waals surface area contributed by atoms with Gasteiger partial charge in [-0.25, -0.2) is 4.79 Å². The average molecular weight is 212 g/mol. The molecular weight excluding hydrogens is 196 g/mol. The number of aromatic nitrogens is 2. The Morgan fingerprint density at radius 1 is 1.47 bits per heavy atom. The van der Waals surface area contributed by atoms with Crippen LogP contribution in [0.5, 0.6) is 0 Å². The molecule has 0 aliphatic carbocycles. The van der Waals surface area contributed by atoms with Crippen molar-refractivity contribution in [3.8, 4) is 0 Å². The molecule has 6 nitrogen and oxygen atoms in total. The van der Waals surface area contributed by atoms with E-state index in [4.69, 9.17) is 5.73 Å². The Morgan fingerprint density at radius 2 is 2.07 bits per heavy atom. The van der Waals surface area contributed by atoms with Crippen LogP contribution in [0.25, 0.3) is 0 Å². The molecule has 1 aromatic heterocycles. The van der Waals surface area contributed by atoms with E-state index in [0.29, 0.717) is 12.5 Å². The molecule has 0 amide bonds. The molecule has 1 rings (SSSR count). The molecule has 0 unspecified atom stereocenters. The van der Waals surface area contributed by atoms with Gasteiger partial charge in [-0.1, -0.05) is 13.8 Å². The molecule has 1 heterocycles. The summed E-state index contributed by atoms with van der Waals surface area (Å²) in [7, 11) is 1.51. The molecule has 0 aliphatic heterocycles. The van der Waals surface area contributed by atoms with E-state index in [1.165, 1.54) is 11.6 Å². The summed E-state index contributed by atoms with van der Waals surface area (Å²) in [6, 6.07) is 0. The first kappa shape index (κ1) is 11.4. The van der Waals surface area contributed by atoms with Crippen molar-refractivity contribution < 1.29 is 0 Å². The monoisotopic (exact) mass is 212 g/mol. The first-order valence-corrected chi connectivity index (χ1v) is 4.76. The lowest BCUT2D eigenvalue weighted by Crippen LogP contribution is -2.33. The summed E-state index contributed by atoms with van der Waals surface area (Å²) in [4.78, 5) is 24.7. The van der Waals surface area contributed by atoms with E-state index in [2.05, 4.69) is 10.3 Å². The van der Waals surface area contributed by atoms with Crippen LogP contribution in [-0.2, 0) is 7.05 Å². The lowest BCUT2D eigenvalue weighted by atomic mass is 10.2. The highest BCUT2D eigenvalue weighted by Crippen LogP contribution is 2.08. The summed E-state index contributed by atoms with van der Waals surface area (Å²) in [6.07, 6.45) is 0. The molecule has 0 bridgehead atoms. The highest BCUT2D eigenvalue weighted by molar-refractivity contribution is 5.60. The zero-order chi connectivity index (χ0) is 11.6. The second-order valence-electron chi connectivity index (χ2n) is 3.85. The van der Waals surface area contributed by atoms with Crippen LogP contribution in [0.4, 0.5) is 11.5 Å². The lowest BCUT2D eigenvalue weighted by Gasteiger charge is -2.11. The summed E-state index contributed by atoms with van der Waals surface area (Å²) in [5.41, 5.74) is 4.92. The minimum Gasteiger partial charge on any atom is -0.383 e. The van der Waals surface area contributed by atoms with Gasteiger partial charge in [0.1, 0.15) is 11.5 Å². The van der Waals surface area contributed by atoms with E-state index in [1.807, 2.05) is 13.8 Å². The minimum atomic E-state index is -0.507. The summed E-state index contributed by atoms with van der Waals surface area (Å²) < 4.78 is 1.20. The molecule has 15 heavy (non-hydrogen) atoms. The van der Waals surface area contributed by atoms with Crippen LogP contribution in [0.1, 0.15) is 13.8 Å². The molecule has 0 saturated heterocycles. The number of hydrogen-bond donors (Lipinski definition) is 3. The summed E-state index contributed by atoms with van der Waals surface area (Å²) in [6.45, 7) is 4.66. The Labute approximate surface area is 87.1 Å². The molecular formula is C9H16N4O2. The van der Waals surface area contributed by atoms with E-state index in [-0.39, 0.29) is 11.5 Å². The zero-order valence-corrected chi connectivity index (χ0v) is 9.13. The summed E-state index contributed by atoms with van der Waals surface area (Å²) in [5.74, 6) is 0.547. The number of aromatic amines is 1. The predicted octanol–water partition coefficient (Wildman–Crippen LogP) is -0.276. The predicted molar refractivity (Wildman–Crippen MR) is 60.0 cm³/mol. The van der Waals surface area contributed by atoms with Gasteiger partial charge in [-0.3, -0.25) is 14.3 Å². The van der Waals surface area contributed by atoms with E-state index in [9.17, 15) is 9.59 Å². The van der Waals surface area contributed by atoms with Crippen molar-refractivity contribution >= 4 is 11.5 Å². The molecule has 84 valence electrons. The number of hydrogen-bond acceptors (Lipinski definition) is 4. The van der Waals surface area contributed by atoms with Gasteiger partial charge in [0.2, 0.25) is 0 Å². The van der Waals surface area contributed by atoms with Crippen molar-refractivity contribution in [1.82, 2.24) is 9.55 Å².